The van der Waals surface area contributed by atoms with Crippen LogP contribution in [0, 0.1) is 10.8 Å². The van der Waals surface area contributed by atoms with Crippen LogP contribution in [0.15, 0.2) is 23.4 Å². The van der Waals surface area contributed by atoms with Gasteiger partial charge in [0.15, 0.2) is 0 Å². The summed E-state index contributed by atoms with van der Waals surface area (Å²) in [5, 5.41) is 4.45. The fourth-order valence-corrected chi connectivity index (χ4v) is 2.87. The number of rotatable bonds is 2. The fourth-order valence-electron chi connectivity index (χ4n) is 2.87. The molecule has 94 valence electrons. The molecule has 0 aliphatic heterocycles. The molecule has 0 amide bonds. The van der Waals surface area contributed by atoms with Crippen LogP contribution in [-0.4, -0.2) is 12.1 Å². The number of nitroso groups, excluding NO2 is 1. The van der Waals surface area contributed by atoms with E-state index in [2.05, 4.69) is 17.1 Å². The Hall–Kier alpha value is -1.84. The van der Waals surface area contributed by atoms with E-state index in [0.717, 1.165) is 35.2 Å². The Labute approximate surface area is 105 Å². The quantitative estimate of drug-likeness (QED) is 0.821. The number of hydrogen-bond acceptors (Lipinski definition) is 3. The minimum atomic E-state index is -0.243. The molecule has 1 aliphatic rings. The third kappa shape index (κ3) is 1.52. The third-order valence-electron chi connectivity index (χ3n) is 3.94. The number of fused-ring (bicyclic) bond motifs is 3. The van der Waals surface area contributed by atoms with Crippen molar-refractivity contribution in [1.82, 2.24) is 4.98 Å². The van der Waals surface area contributed by atoms with E-state index in [1.807, 2.05) is 18.2 Å². The van der Waals surface area contributed by atoms with Crippen LogP contribution in [0.5, 0.6) is 5.75 Å². The number of aromatic amines is 1. The predicted molar refractivity (Wildman–Crippen MR) is 70.9 cm³/mol. The summed E-state index contributed by atoms with van der Waals surface area (Å²) in [5.41, 5.74) is 3.28. The van der Waals surface area contributed by atoms with Crippen LogP contribution >= 0.6 is 0 Å². The number of nitrogens with one attached hydrogen (secondary N) is 1. The molecule has 0 radical (unpaired) electrons. The zero-order valence-corrected chi connectivity index (χ0v) is 10.6. The molecule has 2 atom stereocenters. The molecule has 3 rings (SSSR count). The van der Waals surface area contributed by atoms with Gasteiger partial charge in [0.1, 0.15) is 11.8 Å². The highest BCUT2D eigenvalue weighted by atomic mass is 16.5. The molecule has 1 aromatic carbocycles. The first kappa shape index (κ1) is 11.3. The second-order valence-corrected chi connectivity index (χ2v) is 4.99. The maximum Gasteiger partial charge on any atom is 0.134 e. The van der Waals surface area contributed by atoms with Crippen molar-refractivity contribution in [2.24, 2.45) is 11.1 Å². The lowest BCUT2D eigenvalue weighted by Gasteiger charge is -2.23. The van der Waals surface area contributed by atoms with Crippen LogP contribution in [0.1, 0.15) is 30.6 Å². The van der Waals surface area contributed by atoms with Crippen LogP contribution in [0.2, 0.25) is 0 Å². The Morgan fingerprint density at radius 3 is 3.00 bits per heavy atom. The summed E-state index contributed by atoms with van der Waals surface area (Å²) >= 11 is 0. The number of ether oxygens (including phenoxy) is 1. The highest BCUT2D eigenvalue weighted by Gasteiger charge is 2.30. The van der Waals surface area contributed by atoms with Gasteiger partial charge >= 0.3 is 0 Å². The van der Waals surface area contributed by atoms with Crippen LogP contribution in [0.25, 0.3) is 10.9 Å². The standard InChI is InChI=1S/C14H16N2O2/c1-8-3-5-10-11-7-9(18-2)4-6-12(11)15-14(10)13(8)16-17/h4,6-8,13,15H,3,5H2,1-2H3. The molecule has 0 bridgehead atoms. The fraction of sp³-hybridized carbons (Fsp3) is 0.429. The number of aryl methyl sites for hydroxylation is 1. The van der Waals surface area contributed by atoms with Crippen molar-refractivity contribution < 1.29 is 4.74 Å². The highest BCUT2D eigenvalue weighted by Crippen LogP contribution is 2.40. The van der Waals surface area contributed by atoms with E-state index < -0.39 is 0 Å². The summed E-state index contributed by atoms with van der Waals surface area (Å²) in [6.07, 6.45) is 2.00. The van der Waals surface area contributed by atoms with Crippen LogP contribution in [-0.2, 0) is 6.42 Å². The number of hydrogen-bond donors (Lipinski definition) is 1. The van der Waals surface area contributed by atoms with Gasteiger partial charge in [-0.25, -0.2) is 0 Å². The molecule has 18 heavy (non-hydrogen) atoms. The van der Waals surface area contributed by atoms with Crippen molar-refractivity contribution >= 4 is 10.9 Å². The summed E-state index contributed by atoms with van der Waals surface area (Å²) in [7, 11) is 1.66. The summed E-state index contributed by atoms with van der Waals surface area (Å²) in [6, 6.07) is 5.71. The van der Waals surface area contributed by atoms with Crippen molar-refractivity contribution in [3.8, 4) is 5.75 Å². The highest BCUT2D eigenvalue weighted by molar-refractivity contribution is 5.86. The Kier molecular flexibility index (Phi) is 2.58. The topological polar surface area (TPSA) is 54.4 Å². The molecule has 1 aliphatic carbocycles. The van der Waals surface area contributed by atoms with Gasteiger partial charge in [0.25, 0.3) is 0 Å². The first-order valence-electron chi connectivity index (χ1n) is 6.25. The molecule has 1 heterocycles. The van der Waals surface area contributed by atoms with Gasteiger partial charge in [0.05, 0.1) is 7.11 Å². The second-order valence-electron chi connectivity index (χ2n) is 4.99. The number of methoxy groups -OCH3 is 1. The van der Waals surface area contributed by atoms with Crippen molar-refractivity contribution in [1.29, 1.82) is 0 Å². The molecular formula is C14H16N2O2. The van der Waals surface area contributed by atoms with Gasteiger partial charge in [-0.3, -0.25) is 0 Å². The molecule has 0 saturated heterocycles. The molecule has 1 aromatic heterocycles. The Morgan fingerprint density at radius 1 is 1.44 bits per heavy atom. The van der Waals surface area contributed by atoms with Gasteiger partial charge in [-0.2, -0.15) is 4.91 Å². The van der Waals surface area contributed by atoms with Gasteiger partial charge in [-0.05, 0) is 42.5 Å². The normalized spacial score (nSPS) is 22.8. The molecule has 1 N–H and O–H groups in total. The van der Waals surface area contributed by atoms with E-state index >= 15 is 0 Å². The smallest absolute Gasteiger partial charge is 0.134 e. The maximum absolute atomic E-state index is 11.0. The van der Waals surface area contributed by atoms with Gasteiger partial charge < -0.3 is 9.72 Å². The number of benzene rings is 1. The summed E-state index contributed by atoms with van der Waals surface area (Å²) in [4.78, 5) is 14.4. The largest absolute Gasteiger partial charge is 0.497 e. The lowest BCUT2D eigenvalue weighted by molar-refractivity contribution is 0.406. The molecule has 0 fully saturated rings. The first-order valence-corrected chi connectivity index (χ1v) is 6.25. The molecule has 0 spiro atoms. The van der Waals surface area contributed by atoms with Gasteiger partial charge in [0, 0.05) is 16.6 Å². The van der Waals surface area contributed by atoms with Crippen LogP contribution in [0.3, 0.4) is 0 Å². The van der Waals surface area contributed by atoms with Crippen molar-refractivity contribution in [2.75, 3.05) is 7.11 Å². The first-order chi connectivity index (χ1) is 8.74. The SMILES string of the molecule is COc1ccc2[nH]c3c(c2c1)CCC(C)C3N=O. The predicted octanol–water partition coefficient (Wildman–Crippen LogP) is 3.57. The summed E-state index contributed by atoms with van der Waals surface area (Å²) in [5.74, 6) is 1.16. The van der Waals surface area contributed by atoms with E-state index in [9.17, 15) is 4.91 Å². The van der Waals surface area contributed by atoms with E-state index in [-0.39, 0.29) is 6.04 Å². The van der Waals surface area contributed by atoms with Crippen LogP contribution in [0.4, 0.5) is 0 Å². The lowest BCUT2D eigenvalue weighted by atomic mass is 9.84. The minimum absolute atomic E-state index is 0.243. The molecule has 4 nitrogen and oxygen atoms in total. The monoisotopic (exact) mass is 244 g/mol. The van der Waals surface area contributed by atoms with Gasteiger partial charge in [-0.15, -0.1) is 0 Å². The molecule has 2 unspecified atom stereocenters. The average molecular weight is 244 g/mol. The van der Waals surface area contributed by atoms with Crippen molar-refractivity contribution in [3.05, 3.63) is 34.4 Å². The van der Waals surface area contributed by atoms with E-state index in [0.29, 0.717) is 5.92 Å². The number of aromatic nitrogens is 1. The molecule has 4 heteroatoms. The van der Waals surface area contributed by atoms with Gasteiger partial charge in [-0.1, -0.05) is 12.1 Å². The van der Waals surface area contributed by atoms with E-state index in [1.54, 1.807) is 7.11 Å². The van der Waals surface area contributed by atoms with Gasteiger partial charge in [0.2, 0.25) is 0 Å². The third-order valence-corrected chi connectivity index (χ3v) is 3.94. The molecule has 0 saturated carbocycles. The van der Waals surface area contributed by atoms with Crippen molar-refractivity contribution in [2.45, 2.75) is 25.8 Å². The number of H-pyrrole nitrogens is 1. The van der Waals surface area contributed by atoms with Crippen LogP contribution < -0.4 is 4.74 Å². The Morgan fingerprint density at radius 2 is 2.28 bits per heavy atom. The molecular weight excluding hydrogens is 228 g/mol. The zero-order valence-electron chi connectivity index (χ0n) is 10.6. The summed E-state index contributed by atoms with van der Waals surface area (Å²) in [6.45, 7) is 2.08. The average Bonchev–Trinajstić information content (AvgIpc) is 2.76. The summed E-state index contributed by atoms with van der Waals surface area (Å²) < 4.78 is 5.26. The Balaban J connectivity index is 2.22. The second kappa shape index (κ2) is 4.12. The maximum atomic E-state index is 11.0. The van der Waals surface area contributed by atoms with Crippen molar-refractivity contribution in [3.63, 3.8) is 0 Å². The van der Waals surface area contributed by atoms with E-state index in [4.69, 9.17) is 4.74 Å². The molecule has 2 aromatic rings. The number of nitrogens with zero attached hydrogens (tertiary/aromatic N) is 1. The lowest BCUT2D eigenvalue weighted by Crippen LogP contribution is -2.16. The Bertz CT molecular complexity index is 603. The minimum Gasteiger partial charge on any atom is -0.497 e. The van der Waals surface area contributed by atoms with E-state index in [1.165, 1.54) is 5.56 Å². The zero-order chi connectivity index (χ0) is 12.7.